The van der Waals surface area contributed by atoms with E-state index >= 15 is 0 Å². The molecule has 2 aromatic rings. The lowest BCUT2D eigenvalue weighted by atomic mass is 10.1. The van der Waals surface area contributed by atoms with Crippen LogP contribution in [-0.4, -0.2) is 12.5 Å². The van der Waals surface area contributed by atoms with Gasteiger partial charge in [-0.05, 0) is 36.6 Å². The molecule has 2 N–H and O–H groups in total. The summed E-state index contributed by atoms with van der Waals surface area (Å²) >= 11 is 3.44. The Morgan fingerprint density at radius 3 is 2.68 bits per heavy atom. The summed E-state index contributed by atoms with van der Waals surface area (Å²) in [5, 5.41) is 15.1. The first kappa shape index (κ1) is 18.8. The predicted molar refractivity (Wildman–Crippen MR) is 103 cm³/mol. The number of amides is 1. The molecule has 0 fully saturated rings. The molecule has 0 heterocycles. The molecule has 1 amide bonds. The Kier molecular flexibility index (Phi) is 7.24. The molecular weight excluding hydrogens is 378 g/mol. The van der Waals surface area contributed by atoms with Crippen molar-refractivity contribution in [3.63, 3.8) is 0 Å². The van der Waals surface area contributed by atoms with E-state index < -0.39 is 0 Å². The van der Waals surface area contributed by atoms with E-state index in [-0.39, 0.29) is 17.5 Å². The van der Waals surface area contributed by atoms with Crippen molar-refractivity contribution in [3.8, 4) is 6.07 Å². The van der Waals surface area contributed by atoms with Crippen molar-refractivity contribution in [2.24, 2.45) is 0 Å². The molecule has 0 spiro atoms. The maximum Gasteiger partial charge on any atom is 0.263 e. The zero-order valence-electron chi connectivity index (χ0n) is 14.0. The van der Waals surface area contributed by atoms with Gasteiger partial charge in [0.1, 0.15) is 11.6 Å². The summed E-state index contributed by atoms with van der Waals surface area (Å²) in [5.74, 6) is -0.381. The molecule has 1 unspecified atom stereocenters. The highest BCUT2D eigenvalue weighted by Crippen LogP contribution is 2.12. The summed E-state index contributed by atoms with van der Waals surface area (Å²) in [6.07, 6.45) is 2.28. The van der Waals surface area contributed by atoms with Gasteiger partial charge in [-0.1, -0.05) is 58.4 Å². The molecule has 1 atom stereocenters. The zero-order valence-corrected chi connectivity index (χ0v) is 15.6. The van der Waals surface area contributed by atoms with Crippen molar-refractivity contribution in [3.05, 3.63) is 82.0 Å². The lowest BCUT2D eigenvalue weighted by Gasteiger charge is -2.13. The Balaban J connectivity index is 1.86. The quantitative estimate of drug-likeness (QED) is 0.423. The van der Waals surface area contributed by atoms with Crippen molar-refractivity contribution < 1.29 is 4.79 Å². The van der Waals surface area contributed by atoms with Crippen LogP contribution in [0.2, 0.25) is 0 Å². The van der Waals surface area contributed by atoms with Crippen LogP contribution in [0.15, 0.2) is 70.8 Å². The lowest BCUT2D eigenvalue weighted by Crippen LogP contribution is -2.28. The van der Waals surface area contributed by atoms with Gasteiger partial charge >= 0.3 is 0 Å². The lowest BCUT2D eigenvalue weighted by molar-refractivity contribution is -0.117. The second-order valence-electron chi connectivity index (χ2n) is 5.61. The number of carbonyl (C=O) groups is 1. The molecule has 0 radical (unpaired) electrons. The molecule has 2 rings (SSSR count). The molecule has 0 bridgehead atoms. The van der Waals surface area contributed by atoms with E-state index in [1.807, 2.05) is 67.6 Å². The van der Waals surface area contributed by atoms with Crippen LogP contribution in [0.1, 0.15) is 24.1 Å². The highest BCUT2D eigenvalue weighted by molar-refractivity contribution is 9.10. The minimum atomic E-state index is -0.381. The summed E-state index contributed by atoms with van der Waals surface area (Å²) in [6.45, 7) is 2.53. The topological polar surface area (TPSA) is 64.9 Å². The molecule has 4 nitrogen and oxygen atoms in total. The van der Waals surface area contributed by atoms with Crippen LogP contribution in [0, 0.1) is 11.3 Å². The summed E-state index contributed by atoms with van der Waals surface area (Å²) in [4.78, 5) is 12.2. The minimum Gasteiger partial charge on any atom is -0.389 e. The highest BCUT2D eigenvalue weighted by Gasteiger charge is 2.13. The average molecular weight is 398 g/mol. The maximum absolute atomic E-state index is 12.2. The second kappa shape index (κ2) is 9.65. The van der Waals surface area contributed by atoms with Gasteiger partial charge in [-0.15, -0.1) is 0 Å². The van der Waals surface area contributed by atoms with Gasteiger partial charge in [0.25, 0.3) is 5.91 Å². The SMILES string of the molecule is CC(NC(=O)/C(C#N)=C\NCCc1cccc(Br)c1)c1ccccc1. The number of nitriles is 1. The van der Waals surface area contributed by atoms with Crippen molar-refractivity contribution >= 4 is 21.8 Å². The standard InChI is InChI=1S/C20H20BrN3O/c1-15(17-7-3-2-4-8-17)24-20(25)18(13-22)14-23-11-10-16-6-5-9-19(21)12-16/h2-9,12,14-15,23H,10-11H2,1H3,(H,24,25)/b18-14-. The molecule has 5 heteroatoms. The third-order valence-electron chi connectivity index (χ3n) is 3.71. The number of hydrogen-bond donors (Lipinski definition) is 2. The molecule has 25 heavy (non-hydrogen) atoms. The number of benzene rings is 2. The molecule has 0 saturated heterocycles. The van der Waals surface area contributed by atoms with E-state index in [1.54, 1.807) is 0 Å². The van der Waals surface area contributed by atoms with Crippen molar-refractivity contribution in [1.82, 2.24) is 10.6 Å². The molecular formula is C20H20BrN3O. The second-order valence-corrected chi connectivity index (χ2v) is 6.53. The Hall–Kier alpha value is -2.58. The van der Waals surface area contributed by atoms with Gasteiger partial charge in [0.2, 0.25) is 0 Å². The molecule has 0 aliphatic carbocycles. The number of carbonyl (C=O) groups excluding carboxylic acids is 1. The monoisotopic (exact) mass is 397 g/mol. The van der Waals surface area contributed by atoms with Gasteiger partial charge in [-0.2, -0.15) is 5.26 Å². The Morgan fingerprint density at radius 1 is 1.24 bits per heavy atom. The summed E-state index contributed by atoms with van der Waals surface area (Å²) in [5.41, 5.74) is 2.24. The first-order valence-electron chi connectivity index (χ1n) is 8.04. The smallest absolute Gasteiger partial charge is 0.263 e. The van der Waals surface area contributed by atoms with E-state index in [1.165, 1.54) is 11.8 Å². The molecule has 2 aromatic carbocycles. The van der Waals surface area contributed by atoms with Crippen LogP contribution in [0.25, 0.3) is 0 Å². The van der Waals surface area contributed by atoms with Gasteiger partial charge < -0.3 is 10.6 Å². The van der Waals surface area contributed by atoms with Gasteiger partial charge in [-0.25, -0.2) is 0 Å². The van der Waals surface area contributed by atoms with Crippen molar-refractivity contribution in [2.75, 3.05) is 6.54 Å². The van der Waals surface area contributed by atoms with Crippen LogP contribution >= 0.6 is 15.9 Å². The van der Waals surface area contributed by atoms with E-state index in [0.29, 0.717) is 6.54 Å². The van der Waals surface area contributed by atoms with Gasteiger partial charge in [-0.3, -0.25) is 4.79 Å². The Morgan fingerprint density at radius 2 is 2.00 bits per heavy atom. The Labute approximate surface area is 156 Å². The fourth-order valence-corrected chi connectivity index (χ4v) is 2.78. The predicted octanol–water partition coefficient (Wildman–Crippen LogP) is 3.87. The van der Waals surface area contributed by atoms with Crippen LogP contribution in [0.3, 0.4) is 0 Å². The zero-order chi connectivity index (χ0) is 18.1. The van der Waals surface area contributed by atoms with E-state index in [9.17, 15) is 10.1 Å². The number of hydrogen-bond acceptors (Lipinski definition) is 3. The first-order valence-corrected chi connectivity index (χ1v) is 8.83. The normalized spacial score (nSPS) is 12.1. The summed E-state index contributed by atoms with van der Waals surface area (Å²) in [7, 11) is 0. The maximum atomic E-state index is 12.2. The minimum absolute atomic E-state index is 0.0667. The van der Waals surface area contributed by atoms with E-state index in [4.69, 9.17) is 0 Å². The molecule has 0 aliphatic heterocycles. The molecule has 0 aromatic heterocycles. The highest BCUT2D eigenvalue weighted by atomic mass is 79.9. The molecule has 0 saturated carbocycles. The fourth-order valence-electron chi connectivity index (χ4n) is 2.33. The third-order valence-corrected chi connectivity index (χ3v) is 4.20. The molecule has 0 aliphatic rings. The Bertz CT molecular complexity index is 781. The molecule has 128 valence electrons. The average Bonchev–Trinajstić information content (AvgIpc) is 2.62. The van der Waals surface area contributed by atoms with E-state index in [2.05, 4.69) is 26.6 Å². The van der Waals surface area contributed by atoms with Gasteiger partial charge in [0.05, 0.1) is 6.04 Å². The fraction of sp³-hybridized carbons (Fsp3) is 0.200. The number of nitrogens with zero attached hydrogens (tertiary/aromatic N) is 1. The number of nitrogens with one attached hydrogen (secondary N) is 2. The number of halogens is 1. The van der Waals surface area contributed by atoms with Crippen molar-refractivity contribution in [1.29, 1.82) is 5.26 Å². The van der Waals surface area contributed by atoms with Crippen LogP contribution in [0.4, 0.5) is 0 Å². The largest absolute Gasteiger partial charge is 0.389 e. The van der Waals surface area contributed by atoms with Crippen LogP contribution < -0.4 is 10.6 Å². The van der Waals surface area contributed by atoms with Crippen LogP contribution in [-0.2, 0) is 11.2 Å². The van der Waals surface area contributed by atoms with Gasteiger partial charge in [0, 0.05) is 17.2 Å². The summed E-state index contributed by atoms with van der Waals surface area (Å²) < 4.78 is 1.03. The van der Waals surface area contributed by atoms with Crippen LogP contribution in [0.5, 0.6) is 0 Å². The summed E-state index contributed by atoms with van der Waals surface area (Å²) in [6, 6.07) is 19.5. The van der Waals surface area contributed by atoms with Gasteiger partial charge in [0.15, 0.2) is 0 Å². The first-order chi connectivity index (χ1) is 12.1. The third kappa shape index (κ3) is 6.09. The van der Waals surface area contributed by atoms with E-state index in [0.717, 1.165) is 16.5 Å². The number of rotatable bonds is 7. The van der Waals surface area contributed by atoms with Crippen molar-refractivity contribution in [2.45, 2.75) is 19.4 Å².